The van der Waals surface area contributed by atoms with E-state index in [2.05, 4.69) is 10.6 Å². The smallest absolute Gasteiger partial charge is 0.325 e. The number of hydrogen-bond donors (Lipinski definition) is 2. The summed E-state index contributed by atoms with van der Waals surface area (Å²) < 4.78 is 5.77. The van der Waals surface area contributed by atoms with E-state index < -0.39 is 17.5 Å². The lowest BCUT2D eigenvalue weighted by Gasteiger charge is -2.19. The number of nitrogens with one attached hydrogen (secondary N) is 2. The molecule has 1 aromatic carbocycles. The van der Waals surface area contributed by atoms with Gasteiger partial charge in [0.2, 0.25) is 5.91 Å². The van der Waals surface area contributed by atoms with E-state index in [1.54, 1.807) is 19.1 Å². The number of furan rings is 1. The minimum absolute atomic E-state index is 0.0602. The average molecular weight is 355 g/mol. The molecule has 2 aliphatic rings. The molecule has 1 aliphatic carbocycles. The lowest BCUT2D eigenvalue weighted by Crippen LogP contribution is -2.45. The molecule has 2 atom stereocenters. The van der Waals surface area contributed by atoms with Crippen LogP contribution >= 0.6 is 0 Å². The summed E-state index contributed by atoms with van der Waals surface area (Å²) >= 11 is 0. The molecule has 0 bridgehead atoms. The fourth-order valence-electron chi connectivity index (χ4n) is 3.39. The highest BCUT2D eigenvalue weighted by atomic mass is 16.3. The topological polar surface area (TPSA) is 91.7 Å². The van der Waals surface area contributed by atoms with Crippen molar-refractivity contribution in [2.24, 2.45) is 5.92 Å². The summed E-state index contributed by atoms with van der Waals surface area (Å²) in [5.41, 5.74) is -0.682. The Bertz CT molecular complexity index is 868. The van der Waals surface area contributed by atoms with E-state index in [1.807, 2.05) is 25.1 Å². The quantitative estimate of drug-likeness (QED) is 0.804. The summed E-state index contributed by atoms with van der Waals surface area (Å²) in [4.78, 5) is 38.4. The summed E-state index contributed by atoms with van der Waals surface area (Å²) in [7, 11) is 0. The number of carbonyl (C=O) groups excluding carboxylic acids is 3. The molecule has 4 rings (SSSR count). The summed E-state index contributed by atoms with van der Waals surface area (Å²) in [6.07, 6.45) is 2.21. The van der Waals surface area contributed by atoms with E-state index >= 15 is 0 Å². The van der Waals surface area contributed by atoms with Crippen LogP contribution in [0.3, 0.4) is 0 Å². The zero-order valence-electron chi connectivity index (χ0n) is 14.7. The maximum atomic E-state index is 12.9. The van der Waals surface area contributed by atoms with Crippen molar-refractivity contribution in [1.29, 1.82) is 0 Å². The first-order chi connectivity index (χ1) is 12.4. The van der Waals surface area contributed by atoms with Gasteiger partial charge in [-0.2, -0.15) is 0 Å². The third-order valence-electron chi connectivity index (χ3n) is 5.21. The van der Waals surface area contributed by atoms with Crippen LogP contribution in [-0.4, -0.2) is 35.3 Å². The first-order valence-electron chi connectivity index (χ1n) is 8.81. The Morgan fingerprint density at radius 1 is 1.38 bits per heavy atom. The zero-order chi connectivity index (χ0) is 18.5. The molecule has 1 saturated carbocycles. The number of fused-ring (bicyclic) bond motifs is 1. The Morgan fingerprint density at radius 2 is 2.12 bits per heavy atom. The molecule has 2 heterocycles. The Hall–Kier alpha value is -2.83. The van der Waals surface area contributed by atoms with E-state index in [0.717, 1.165) is 23.1 Å². The van der Waals surface area contributed by atoms with Gasteiger partial charge in [0.05, 0.1) is 0 Å². The molecular weight excluding hydrogens is 334 g/mol. The molecular formula is C19H21N3O4. The molecule has 1 aliphatic heterocycles. The maximum Gasteiger partial charge on any atom is 0.325 e. The first-order valence-corrected chi connectivity index (χ1v) is 8.81. The standard InChI is InChI=1S/C19H21N3O4/c1-11(12-7-8-12)20-16(23)10-22-17(24)19(2,21-18(22)25)15-9-13-5-3-4-6-14(13)26-15/h3-6,9,11-12H,7-8,10H2,1-2H3,(H,20,23)(H,21,25). The molecule has 7 nitrogen and oxygen atoms in total. The Morgan fingerprint density at radius 3 is 2.81 bits per heavy atom. The van der Waals surface area contributed by atoms with E-state index in [9.17, 15) is 14.4 Å². The van der Waals surface area contributed by atoms with Gasteiger partial charge in [0.1, 0.15) is 17.9 Å². The highest BCUT2D eigenvalue weighted by Crippen LogP contribution is 2.33. The molecule has 2 fully saturated rings. The lowest BCUT2D eigenvalue weighted by atomic mass is 9.99. The fourth-order valence-corrected chi connectivity index (χ4v) is 3.39. The number of urea groups is 1. The molecule has 2 unspecified atom stereocenters. The van der Waals surface area contributed by atoms with Gasteiger partial charge in [0.25, 0.3) is 5.91 Å². The molecule has 4 amide bonds. The van der Waals surface area contributed by atoms with E-state index in [0.29, 0.717) is 17.3 Å². The average Bonchev–Trinajstić information content (AvgIpc) is 3.32. The lowest BCUT2D eigenvalue weighted by molar-refractivity contribution is -0.135. The van der Waals surface area contributed by atoms with Gasteiger partial charge >= 0.3 is 6.03 Å². The van der Waals surface area contributed by atoms with E-state index in [1.165, 1.54) is 0 Å². The van der Waals surface area contributed by atoms with Crippen molar-refractivity contribution < 1.29 is 18.8 Å². The Balaban J connectivity index is 1.53. The van der Waals surface area contributed by atoms with Crippen molar-refractivity contribution in [3.05, 3.63) is 36.1 Å². The number of imide groups is 1. The SMILES string of the molecule is CC(NC(=O)CN1C(=O)NC(C)(c2cc3ccccc3o2)C1=O)C1CC1. The molecule has 0 radical (unpaired) electrons. The van der Waals surface area contributed by atoms with Crippen molar-refractivity contribution in [2.45, 2.75) is 38.3 Å². The second-order valence-corrected chi connectivity index (χ2v) is 7.29. The number of carbonyl (C=O) groups is 3. The van der Waals surface area contributed by atoms with Gasteiger partial charge in [-0.15, -0.1) is 0 Å². The number of nitrogens with zero attached hydrogens (tertiary/aromatic N) is 1. The van der Waals surface area contributed by atoms with E-state index in [-0.39, 0.29) is 18.5 Å². The van der Waals surface area contributed by atoms with Crippen LogP contribution in [0.4, 0.5) is 4.79 Å². The van der Waals surface area contributed by atoms with Crippen LogP contribution in [0.5, 0.6) is 0 Å². The largest absolute Gasteiger partial charge is 0.458 e. The van der Waals surface area contributed by atoms with Gasteiger partial charge in [-0.05, 0) is 44.7 Å². The van der Waals surface area contributed by atoms with E-state index in [4.69, 9.17) is 4.42 Å². The predicted octanol–water partition coefficient (Wildman–Crippen LogP) is 2.11. The molecule has 26 heavy (non-hydrogen) atoms. The van der Waals surface area contributed by atoms with Crippen LogP contribution < -0.4 is 10.6 Å². The summed E-state index contributed by atoms with van der Waals surface area (Å²) in [5, 5.41) is 6.37. The molecule has 2 N–H and O–H groups in total. The molecule has 2 aromatic rings. The number of para-hydroxylation sites is 1. The fraction of sp³-hybridized carbons (Fsp3) is 0.421. The minimum atomic E-state index is -1.32. The Labute approximate surface area is 150 Å². The molecule has 1 aromatic heterocycles. The van der Waals surface area contributed by atoms with Gasteiger partial charge in [-0.3, -0.25) is 14.5 Å². The predicted molar refractivity (Wildman–Crippen MR) is 94.1 cm³/mol. The van der Waals surface area contributed by atoms with Crippen molar-refractivity contribution in [1.82, 2.24) is 15.5 Å². The van der Waals surface area contributed by atoms with Crippen LogP contribution in [-0.2, 0) is 15.1 Å². The van der Waals surface area contributed by atoms with Crippen molar-refractivity contribution >= 4 is 28.8 Å². The second kappa shape index (κ2) is 5.86. The molecule has 0 spiro atoms. The zero-order valence-corrected chi connectivity index (χ0v) is 14.7. The number of hydrogen-bond acceptors (Lipinski definition) is 4. The maximum absolute atomic E-state index is 12.9. The van der Waals surface area contributed by atoms with Crippen LogP contribution in [0, 0.1) is 5.92 Å². The molecule has 136 valence electrons. The summed E-state index contributed by atoms with van der Waals surface area (Å²) in [6.45, 7) is 3.24. The van der Waals surface area contributed by atoms with Crippen LogP contribution in [0.15, 0.2) is 34.7 Å². The van der Waals surface area contributed by atoms with Gasteiger partial charge in [-0.25, -0.2) is 4.79 Å². The van der Waals surface area contributed by atoms with Crippen molar-refractivity contribution in [3.8, 4) is 0 Å². The van der Waals surface area contributed by atoms with Gasteiger partial charge in [0, 0.05) is 11.4 Å². The number of rotatable bonds is 5. The van der Waals surface area contributed by atoms with Crippen molar-refractivity contribution in [2.75, 3.05) is 6.54 Å². The van der Waals surface area contributed by atoms with Gasteiger partial charge in [0.15, 0.2) is 5.54 Å². The summed E-state index contributed by atoms with van der Waals surface area (Å²) in [6, 6.07) is 8.59. The normalized spacial score (nSPS) is 24.0. The van der Waals surface area contributed by atoms with Gasteiger partial charge < -0.3 is 15.1 Å². The molecule has 7 heteroatoms. The second-order valence-electron chi connectivity index (χ2n) is 7.29. The number of amides is 4. The Kier molecular flexibility index (Phi) is 3.75. The molecule has 1 saturated heterocycles. The van der Waals surface area contributed by atoms with Crippen LogP contribution in [0.1, 0.15) is 32.4 Å². The van der Waals surface area contributed by atoms with Crippen LogP contribution in [0.2, 0.25) is 0 Å². The van der Waals surface area contributed by atoms with Crippen LogP contribution in [0.25, 0.3) is 11.0 Å². The monoisotopic (exact) mass is 355 g/mol. The summed E-state index contributed by atoms with van der Waals surface area (Å²) in [5.74, 6) is 0.0340. The minimum Gasteiger partial charge on any atom is -0.458 e. The first kappa shape index (κ1) is 16.6. The highest BCUT2D eigenvalue weighted by Gasteiger charge is 2.51. The number of benzene rings is 1. The van der Waals surface area contributed by atoms with Crippen molar-refractivity contribution in [3.63, 3.8) is 0 Å². The third kappa shape index (κ3) is 2.73. The third-order valence-corrected chi connectivity index (χ3v) is 5.21. The highest BCUT2D eigenvalue weighted by molar-refractivity contribution is 6.09. The van der Waals surface area contributed by atoms with Gasteiger partial charge in [-0.1, -0.05) is 18.2 Å².